The Morgan fingerprint density at radius 1 is 1.24 bits per heavy atom. The predicted octanol–water partition coefficient (Wildman–Crippen LogP) is 3.92. The van der Waals surface area contributed by atoms with Crippen LogP contribution in [0.2, 0.25) is 0 Å². The van der Waals surface area contributed by atoms with Crippen molar-refractivity contribution in [2.75, 3.05) is 0 Å². The third-order valence-electron chi connectivity index (χ3n) is 4.23. The molecular weight excluding hydrogens is 206 g/mol. The molecule has 1 N–H and O–H groups in total. The maximum absolute atomic E-state index is 3.90. The monoisotopic (exact) mass is 229 g/mol. The second kappa shape index (κ2) is 4.81. The molecule has 0 spiro atoms. The van der Waals surface area contributed by atoms with Gasteiger partial charge >= 0.3 is 0 Å². The molecule has 0 amide bonds. The Bertz CT molecular complexity index is 355. The van der Waals surface area contributed by atoms with E-state index in [9.17, 15) is 0 Å². The Kier molecular flexibility index (Phi) is 3.19. The van der Waals surface area contributed by atoms with Gasteiger partial charge in [-0.05, 0) is 43.1 Å². The van der Waals surface area contributed by atoms with Crippen molar-refractivity contribution >= 4 is 0 Å². The highest BCUT2D eigenvalue weighted by Crippen LogP contribution is 2.44. The van der Waals surface area contributed by atoms with Crippen LogP contribution in [-0.4, -0.2) is 6.04 Å². The highest BCUT2D eigenvalue weighted by atomic mass is 15.0. The fourth-order valence-electron chi connectivity index (χ4n) is 2.97. The standard InChI is InChI=1S/C16H23N/c1-2-6-14-11-15(14)17-16(13-9-10-13)12-7-4-3-5-8-12/h3-5,7-8,13-17H,2,6,9-11H2,1H3. The third-order valence-corrected chi connectivity index (χ3v) is 4.23. The van der Waals surface area contributed by atoms with Crippen LogP contribution < -0.4 is 5.32 Å². The van der Waals surface area contributed by atoms with E-state index >= 15 is 0 Å². The first-order valence-electron chi connectivity index (χ1n) is 7.19. The Hall–Kier alpha value is -0.820. The van der Waals surface area contributed by atoms with Gasteiger partial charge in [0.25, 0.3) is 0 Å². The van der Waals surface area contributed by atoms with Gasteiger partial charge in [-0.3, -0.25) is 0 Å². The van der Waals surface area contributed by atoms with Gasteiger partial charge in [0.1, 0.15) is 0 Å². The summed E-state index contributed by atoms with van der Waals surface area (Å²) >= 11 is 0. The molecule has 3 unspecified atom stereocenters. The molecule has 3 rings (SSSR count). The summed E-state index contributed by atoms with van der Waals surface area (Å²) in [5, 5.41) is 3.90. The quantitative estimate of drug-likeness (QED) is 0.779. The molecule has 2 fully saturated rings. The van der Waals surface area contributed by atoms with Gasteiger partial charge < -0.3 is 5.32 Å². The highest BCUT2D eigenvalue weighted by molar-refractivity contribution is 5.22. The molecule has 0 radical (unpaired) electrons. The van der Waals surface area contributed by atoms with Crippen molar-refractivity contribution in [1.29, 1.82) is 0 Å². The molecule has 2 aliphatic carbocycles. The van der Waals surface area contributed by atoms with E-state index in [0.29, 0.717) is 6.04 Å². The van der Waals surface area contributed by atoms with Gasteiger partial charge in [-0.25, -0.2) is 0 Å². The Morgan fingerprint density at radius 2 is 2.00 bits per heavy atom. The molecule has 2 saturated carbocycles. The number of rotatable bonds is 6. The van der Waals surface area contributed by atoms with Crippen molar-refractivity contribution in [3.05, 3.63) is 35.9 Å². The largest absolute Gasteiger partial charge is 0.307 e. The van der Waals surface area contributed by atoms with Crippen LogP contribution in [0.5, 0.6) is 0 Å². The minimum absolute atomic E-state index is 0.628. The average Bonchev–Trinajstić information content (AvgIpc) is 3.23. The van der Waals surface area contributed by atoms with Crippen LogP contribution in [0.15, 0.2) is 30.3 Å². The minimum Gasteiger partial charge on any atom is -0.307 e. The maximum Gasteiger partial charge on any atom is 0.0351 e. The van der Waals surface area contributed by atoms with Crippen molar-refractivity contribution in [3.8, 4) is 0 Å². The Labute approximate surface area is 105 Å². The fraction of sp³-hybridized carbons (Fsp3) is 0.625. The molecule has 3 atom stereocenters. The molecule has 0 heterocycles. The molecule has 1 aromatic rings. The van der Waals surface area contributed by atoms with Gasteiger partial charge in [0.15, 0.2) is 0 Å². The SMILES string of the molecule is CCCC1CC1NC(c1ccccc1)C1CC1. The molecular formula is C16H23N. The van der Waals surface area contributed by atoms with Crippen LogP contribution in [0.3, 0.4) is 0 Å². The van der Waals surface area contributed by atoms with Crippen molar-refractivity contribution < 1.29 is 0 Å². The van der Waals surface area contributed by atoms with Gasteiger partial charge in [-0.15, -0.1) is 0 Å². The molecule has 92 valence electrons. The van der Waals surface area contributed by atoms with Gasteiger partial charge in [-0.1, -0.05) is 43.7 Å². The molecule has 0 aromatic heterocycles. The van der Waals surface area contributed by atoms with Gasteiger partial charge in [-0.2, -0.15) is 0 Å². The van der Waals surface area contributed by atoms with Crippen molar-refractivity contribution in [2.45, 2.75) is 51.1 Å². The zero-order chi connectivity index (χ0) is 11.7. The van der Waals surface area contributed by atoms with Crippen LogP contribution in [0.1, 0.15) is 50.6 Å². The number of hydrogen-bond donors (Lipinski definition) is 1. The number of nitrogens with one attached hydrogen (secondary N) is 1. The predicted molar refractivity (Wildman–Crippen MR) is 71.8 cm³/mol. The lowest BCUT2D eigenvalue weighted by Gasteiger charge is -2.19. The first-order chi connectivity index (χ1) is 8.38. The van der Waals surface area contributed by atoms with E-state index < -0.39 is 0 Å². The molecule has 0 aliphatic heterocycles. The van der Waals surface area contributed by atoms with E-state index in [1.807, 2.05) is 0 Å². The lowest BCUT2D eigenvalue weighted by molar-refractivity contribution is 0.458. The van der Waals surface area contributed by atoms with E-state index in [1.54, 1.807) is 0 Å². The van der Waals surface area contributed by atoms with E-state index in [2.05, 4.69) is 42.6 Å². The Morgan fingerprint density at radius 3 is 2.65 bits per heavy atom. The third kappa shape index (κ3) is 2.71. The smallest absolute Gasteiger partial charge is 0.0351 e. The highest BCUT2D eigenvalue weighted by Gasteiger charge is 2.41. The van der Waals surface area contributed by atoms with Gasteiger partial charge in [0.05, 0.1) is 0 Å². The van der Waals surface area contributed by atoms with Crippen molar-refractivity contribution in [3.63, 3.8) is 0 Å². The van der Waals surface area contributed by atoms with Crippen molar-refractivity contribution in [2.24, 2.45) is 11.8 Å². The molecule has 2 aliphatic rings. The molecule has 1 aromatic carbocycles. The maximum atomic E-state index is 3.90. The summed E-state index contributed by atoms with van der Waals surface area (Å²) in [6.07, 6.45) is 6.98. The topological polar surface area (TPSA) is 12.0 Å². The first kappa shape index (κ1) is 11.3. The van der Waals surface area contributed by atoms with Gasteiger partial charge in [0.2, 0.25) is 0 Å². The number of hydrogen-bond acceptors (Lipinski definition) is 1. The van der Waals surface area contributed by atoms with Crippen LogP contribution in [-0.2, 0) is 0 Å². The lowest BCUT2D eigenvalue weighted by atomic mass is 10.0. The van der Waals surface area contributed by atoms with Crippen LogP contribution in [0.25, 0.3) is 0 Å². The Balaban J connectivity index is 1.62. The molecule has 1 heteroatoms. The number of benzene rings is 1. The van der Waals surface area contributed by atoms with Crippen LogP contribution >= 0.6 is 0 Å². The van der Waals surface area contributed by atoms with Crippen LogP contribution in [0.4, 0.5) is 0 Å². The van der Waals surface area contributed by atoms with E-state index in [1.165, 1.54) is 37.7 Å². The first-order valence-corrected chi connectivity index (χ1v) is 7.19. The lowest BCUT2D eigenvalue weighted by Crippen LogP contribution is -2.26. The summed E-state index contributed by atoms with van der Waals surface area (Å²) < 4.78 is 0. The van der Waals surface area contributed by atoms with E-state index in [4.69, 9.17) is 0 Å². The molecule has 0 bridgehead atoms. The minimum atomic E-state index is 0.628. The second-order valence-corrected chi connectivity index (χ2v) is 5.78. The van der Waals surface area contributed by atoms with Gasteiger partial charge in [0, 0.05) is 12.1 Å². The summed E-state index contributed by atoms with van der Waals surface area (Å²) in [5.41, 5.74) is 1.50. The average molecular weight is 229 g/mol. The van der Waals surface area contributed by atoms with E-state index in [-0.39, 0.29) is 0 Å². The zero-order valence-corrected chi connectivity index (χ0v) is 10.7. The summed E-state index contributed by atoms with van der Waals surface area (Å²) in [5.74, 6) is 1.87. The zero-order valence-electron chi connectivity index (χ0n) is 10.7. The normalized spacial score (nSPS) is 29.0. The molecule has 1 nitrogen and oxygen atoms in total. The van der Waals surface area contributed by atoms with E-state index in [0.717, 1.165) is 17.9 Å². The van der Waals surface area contributed by atoms with Crippen LogP contribution in [0, 0.1) is 11.8 Å². The molecule has 0 saturated heterocycles. The second-order valence-electron chi connectivity index (χ2n) is 5.78. The molecule has 17 heavy (non-hydrogen) atoms. The van der Waals surface area contributed by atoms with Crippen molar-refractivity contribution in [1.82, 2.24) is 5.32 Å². The summed E-state index contributed by atoms with van der Waals surface area (Å²) in [4.78, 5) is 0. The summed E-state index contributed by atoms with van der Waals surface area (Å²) in [6, 6.07) is 12.5. The fourth-order valence-corrected chi connectivity index (χ4v) is 2.97. The summed E-state index contributed by atoms with van der Waals surface area (Å²) in [7, 11) is 0. The summed E-state index contributed by atoms with van der Waals surface area (Å²) in [6.45, 7) is 2.30.